The Morgan fingerprint density at radius 1 is 1.10 bits per heavy atom. The summed E-state index contributed by atoms with van der Waals surface area (Å²) in [7, 11) is 0. The standard InChI is InChI=1S/C23H26N2O3S/c1-18-6-5-9-20(14-18)25-22(27)17-29-23(25)10-12-24(13-11-23)21(26)16-28-15-19-7-3-2-4-8-19/h2-9,14H,10-13,15-17H2,1H3. The Morgan fingerprint density at radius 3 is 2.59 bits per heavy atom. The van der Waals surface area contributed by atoms with Crippen LogP contribution in [0.1, 0.15) is 24.0 Å². The normalized spacial score (nSPS) is 18.4. The molecule has 0 saturated carbocycles. The number of likely N-dealkylation sites (tertiary alicyclic amines) is 1. The molecule has 2 aliphatic rings. The van der Waals surface area contributed by atoms with Crippen LogP contribution in [0.15, 0.2) is 54.6 Å². The lowest BCUT2D eigenvalue weighted by Gasteiger charge is -2.44. The van der Waals surface area contributed by atoms with Crippen molar-refractivity contribution in [1.82, 2.24) is 4.90 Å². The van der Waals surface area contributed by atoms with Gasteiger partial charge in [0.2, 0.25) is 11.8 Å². The zero-order valence-electron chi connectivity index (χ0n) is 16.7. The van der Waals surface area contributed by atoms with Crippen LogP contribution in [0.5, 0.6) is 0 Å². The van der Waals surface area contributed by atoms with Crippen molar-refractivity contribution in [3.8, 4) is 0 Å². The largest absolute Gasteiger partial charge is 0.367 e. The van der Waals surface area contributed by atoms with E-state index in [1.54, 1.807) is 11.8 Å². The first-order valence-electron chi connectivity index (χ1n) is 10.0. The van der Waals surface area contributed by atoms with Crippen molar-refractivity contribution in [3.63, 3.8) is 0 Å². The molecule has 0 unspecified atom stereocenters. The third kappa shape index (κ3) is 4.33. The van der Waals surface area contributed by atoms with E-state index >= 15 is 0 Å². The lowest BCUT2D eigenvalue weighted by Crippen LogP contribution is -2.53. The summed E-state index contributed by atoms with van der Waals surface area (Å²) >= 11 is 1.72. The number of thioether (sulfide) groups is 1. The molecule has 0 N–H and O–H groups in total. The summed E-state index contributed by atoms with van der Waals surface area (Å²) in [5, 5.41) is 0. The summed E-state index contributed by atoms with van der Waals surface area (Å²) < 4.78 is 5.61. The van der Waals surface area contributed by atoms with Crippen LogP contribution in [-0.2, 0) is 20.9 Å². The van der Waals surface area contributed by atoms with E-state index in [0.29, 0.717) is 25.4 Å². The van der Waals surface area contributed by atoms with Gasteiger partial charge in [-0.3, -0.25) is 14.5 Å². The molecule has 6 heteroatoms. The number of hydrogen-bond acceptors (Lipinski definition) is 4. The van der Waals surface area contributed by atoms with Gasteiger partial charge in [0.25, 0.3) is 0 Å². The van der Waals surface area contributed by atoms with Gasteiger partial charge in [-0.2, -0.15) is 0 Å². The number of carbonyl (C=O) groups excluding carboxylic acids is 2. The van der Waals surface area contributed by atoms with Gasteiger partial charge in [0.15, 0.2) is 0 Å². The van der Waals surface area contributed by atoms with E-state index in [2.05, 4.69) is 6.07 Å². The van der Waals surface area contributed by atoms with E-state index in [1.165, 1.54) is 0 Å². The Bertz CT molecular complexity index is 879. The number of amides is 2. The summed E-state index contributed by atoms with van der Waals surface area (Å²) in [6, 6.07) is 18.0. The van der Waals surface area contributed by atoms with Crippen LogP contribution in [0.25, 0.3) is 0 Å². The molecule has 2 aliphatic heterocycles. The highest BCUT2D eigenvalue weighted by Crippen LogP contribution is 2.46. The molecule has 0 bridgehead atoms. The van der Waals surface area contributed by atoms with Crippen LogP contribution in [-0.4, -0.2) is 47.0 Å². The minimum atomic E-state index is -0.243. The molecule has 2 heterocycles. The lowest BCUT2D eigenvalue weighted by molar-refractivity contribution is -0.137. The first-order chi connectivity index (χ1) is 14.1. The lowest BCUT2D eigenvalue weighted by atomic mass is 10.0. The van der Waals surface area contributed by atoms with Gasteiger partial charge in [-0.05, 0) is 43.0 Å². The fraction of sp³-hybridized carbons (Fsp3) is 0.391. The maximum absolute atomic E-state index is 12.7. The third-order valence-corrected chi connectivity index (χ3v) is 7.14. The highest BCUT2D eigenvalue weighted by molar-refractivity contribution is 8.02. The minimum absolute atomic E-state index is 0.0206. The Balaban J connectivity index is 1.35. The molecule has 0 atom stereocenters. The molecule has 2 amide bonds. The van der Waals surface area contributed by atoms with Gasteiger partial charge in [0.05, 0.1) is 17.2 Å². The van der Waals surface area contributed by atoms with Crippen LogP contribution < -0.4 is 4.90 Å². The summed E-state index contributed by atoms with van der Waals surface area (Å²) in [4.78, 5) is 28.8. The average molecular weight is 411 g/mol. The quantitative estimate of drug-likeness (QED) is 0.756. The first kappa shape index (κ1) is 20.0. The van der Waals surface area contributed by atoms with Gasteiger partial charge in [0.1, 0.15) is 6.61 Å². The molecule has 2 aromatic rings. The number of ether oxygens (including phenoxy) is 1. The molecule has 152 valence electrons. The van der Waals surface area contributed by atoms with E-state index in [-0.39, 0.29) is 23.3 Å². The van der Waals surface area contributed by atoms with Crippen molar-refractivity contribution in [2.45, 2.75) is 31.2 Å². The van der Waals surface area contributed by atoms with Crippen molar-refractivity contribution >= 4 is 29.3 Å². The van der Waals surface area contributed by atoms with Crippen molar-refractivity contribution in [2.24, 2.45) is 0 Å². The van der Waals surface area contributed by atoms with Crippen LogP contribution in [0, 0.1) is 6.92 Å². The molecular weight excluding hydrogens is 384 g/mol. The van der Waals surface area contributed by atoms with Crippen LogP contribution in [0.3, 0.4) is 0 Å². The molecule has 29 heavy (non-hydrogen) atoms. The maximum atomic E-state index is 12.7. The fourth-order valence-corrected chi connectivity index (χ4v) is 5.42. The van der Waals surface area contributed by atoms with E-state index in [9.17, 15) is 9.59 Å². The molecule has 5 nitrogen and oxygen atoms in total. The predicted molar refractivity (Wildman–Crippen MR) is 116 cm³/mol. The number of aryl methyl sites for hydroxylation is 1. The molecule has 4 rings (SSSR count). The van der Waals surface area contributed by atoms with Crippen LogP contribution in [0.2, 0.25) is 0 Å². The first-order valence-corrected chi connectivity index (χ1v) is 11.0. The van der Waals surface area contributed by atoms with E-state index in [0.717, 1.165) is 29.7 Å². The number of benzene rings is 2. The number of rotatable bonds is 5. The Kier molecular flexibility index (Phi) is 5.92. The summed E-state index contributed by atoms with van der Waals surface area (Å²) in [5.41, 5.74) is 3.17. The molecule has 2 fully saturated rings. The topological polar surface area (TPSA) is 49.9 Å². The molecular formula is C23H26N2O3S. The summed E-state index contributed by atoms with van der Waals surface area (Å²) in [6.07, 6.45) is 1.56. The van der Waals surface area contributed by atoms with Crippen LogP contribution >= 0.6 is 11.8 Å². The number of nitrogens with zero attached hydrogens (tertiary/aromatic N) is 2. The van der Waals surface area contributed by atoms with Gasteiger partial charge in [0, 0.05) is 18.8 Å². The summed E-state index contributed by atoms with van der Waals surface area (Å²) in [6.45, 7) is 3.87. The SMILES string of the molecule is Cc1cccc(N2C(=O)CSC23CCN(C(=O)COCc2ccccc2)CC3)c1. The number of anilines is 1. The Hall–Kier alpha value is -2.31. The second-order valence-corrected chi connectivity index (χ2v) is 9.00. The molecule has 0 aliphatic carbocycles. The van der Waals surface area contributed by atoms with Crippen molar-refractivity contribution in [1.29, 1.82) is 0 Å². The second kappa shape index (κ2) is 8.59. The zero-order valence-corrected chi connectivity index (χ0v) is 17.5. The van der Waals surface area contributed by atoms with Gasteiger partial charge in [-0.25, -0.2) is 0 Å². The third-order valence-electron chi connectivity index (χ3n) is 5.62. The highest BCUT2D eigenvalue weighted by atomic mass is 32.2. The predicted octanol–water partition coefficient (Wildman–Crippen LogP) is 3.61. The smallest absolute Gasteiger partial charge is 0.248 e. The van der Waals surface area contributed by atoms with E-state index in [4.69, 9.17) is 4.74 Å². The Labute approximate surface area is 176 Å². The van der Waals surface area contributed by atoms with Gasteiger partial charge in [-0.15, -0.1) is 11.8 Å². The molecule has 0 radical (unpaired) electrons. The fourth-order valence-electron chi connectivity index (χ4n) is 4.09. The van der Waals surface area contributed by atoms with Crippen molar-refractivity contribution in [2.75, 3.05) is 30.3 Å². The van der Waals surface area contributed by atoms with Gasteiger partial charge < -0.3 is 9.64 Å². The zero-order chi connectivity index (χ0) is 20.3. The molecule has 1 spiro atoms. The molecule has 2 aromatic carbocycles. The van der Waals surface area contributed by atoms with E-state index in [1.807, 2.05) is 65.3 Å². The average Bonchev–Trinajstić information content (AvgIpc) is 3.05. The molecule has 2 saturated heterocycles. The number of carbonyl (C=O) groups is 2. The van der Waals surface area contributed by atoms with Gasteiger partial charge >= 0.3 is 0 Å². The Morgan fingerprint density at radius 2 is 1.86 bits per heavy atom. The summed E-state index contributed by atoms with van der Waals surface area (Å²) in [5.74, 6) is 0.681. The molecule has 0 aromatic heterocycles. The number of hydrogen-bond donors (Lipinski definition) is 0. The number of piperidine rings is 1. The van der Waals surface area contributed by atoms with Crippen LogP contribution in [0.4, 0.5) is 5.69 Å². The van der Waals surface area contributed by atoms with Crippen molar-refractivity contribution < 1.29 is 14.3 Å². The van der Waals surface area contributed by atoms with Crippen molar-refractivity contribution in [3.05, 3.63) is 65.7 Å². The minimum Gasteiger partial charge on any atom is -0.367 e. The highest BCUT2D eigenvalue weighted by Gasteiger charge is 2.49. The maximum Gasteiger partial charge on any atom is 0.248 e. The monoisotopic (exact) mass is 410 g/mol. The van der Waals surface area contributed by atoms with E-state index < -0.39 is 0 Å². The second-order valence-electron chi connectivity index (χ2n) is 7.66. The van der Waals surface area contributed by atoms with Gasteiger partial charge in [-0.1, -0.05) is 42.5 Å².